The Morgan fingerprint density at radius 1 is 1.19 bits per heavy atom. The molecule has 0 bridgehead atoms. The molecule has 0 radical (unpaired) electrons. The number of carbonyl (C=O) groups is 1. The lowest BCUT2D eigenvalue weighted by molar-refractivity contribution is -0.115. The van der Waals surface area contributed by atoms with Crippen molar-refractivity contribution in [3.05, 3.63) is 72.4 Å². The van der Waals surface area contributed by atoms with Gasteiger partial charge in [-0.25, -0.2) is 9.37 Å². The Morgan fingerprint density at radius 3 is 2.74 bits per heavy atom. The molecular weight excluding hydrogens is 345 g/mol. The standard InChI is InChI=1S/C20H16FN5O/c1-26-12-22-11-18(26)14-4-7-17-15(9-14)10-19(25-24-17)23-20(27)8-13-2-5-16(21)6-3-13/h2-7,9-12H,8H2,1H3,(H,23,25,27)/i8D2. The molecule has 2 heterocycles. The molecule has 1 N–H and O–H groups in total. The van der Waals surface area contributed by atoms with Crippen LogP contribution in [0.2, 0.25) is 0 Å². The summed E-state index contributed by atoms with van der Waals surface area (Å²) in [5.41, 5.74) is 2.52. The number of anilines is 1. The number of rotatable bonds is 4. The molecule has 4 rings (SSSR count). The molecule has 0 spiro atoms. The Hall–Kier alpha value is -3.61. The summed E-state index contributed by atoms with van der Waals surface area (Å²) >= 11 is 0. The van der Waals surface area contributed by atoms with Gasteiger partial charge in [-0.05, 0) is 35.9 Å². The number of hydrogen-bond acceptors (Lipinski definition) is 4. The van der Waals surface area contributed by atoms with Gasteiger partial charge in [-0.2, -0.15) is 0 Å². The summed E-state index contributed by atoms with van der Waals surface area (Å²) in [5.74, 6) is -1.30. The van der Waals surface area contributed by atoms with Crippen molar-refractivity contribution in [1.82, 2.24) is 19.7 Å². The summed E-state index contributed by atoms with van der Waals surface area (Å²) in [6.07, 6.45) is 1.09. The summed E-state index contributed by atoms with van der Waals surface area (Å²) in [6.45, 7) is 0. The highest BCUT2D eigenvalue weighted by Crippen LogP contribution is 2.24. The highest BCUT2D eigenvalue weighted by Gasteiger charge is 2.09. The number of amides is 1. The highest BCUT2D eigenvalue weighted by atomic mass is 19.1. The van der Waals surface area contributed by atoms with Crippen LogP contribution in [0.4, 0.5) is 10.2 Å². The number of benzene rings is 2. The zero-order valence-electron chi connectivity index (χ0n) is 16.3. The van der Waals surface area contributed by atoms with Crippen LogP contribution in [0.1, 0.15) is 8.30 Å². The molecule has 0 atom stereocenters. The number of hydrogen-bond donors (Lipinski definition) is 1. The Morgan fingerprint density at radius 2 is 2.00 bits per heavy atom. The quantitative estimate of drug-likeness (QED) is 0.603. The van der Waals surface area contributed by atoms with Gasteiger partial charge in [0.15, 0.2) is 5.82 Å². The zero-order valence-corrected chi connectivity index (χ0v) is 14.3. The van der Waals surface area contributed by atoms with Gasteiger partial charge in [-0.1, -0.05) is 18.2 Å². The van der Waals surface area contributed by atoms with Gasteiger partial charge in [0.2, 0.25) is 5.91 Å². The summed E-state index contributed by atoms with van der Waals surface area (Å²) in [5, 5.41) is 11.2. The number of aromatic nitrogens is 4. The number of halogens is 1. The van der Waals surface area contributed by atoms with Gasteiger partial charge in [0.25, 0.3) is 0 Å². The second-order valence-electron chi connectivity index (χ2n) is 5.98. The lowest BCUT2D eigenvalue weighted by atomic mass is 10.1. The van der Waals surface area contributed by atoms with Crippen molar-refractivity contribution in [3.8, 4) is 11.3 Å². The number of imidazole rings is 1. The van der Waals surface area contributed by atoms with E-state index in [0.29, 0.717) is 5.52 Å². The molecule has 0 saturated carbocycles. The third kappa shape index (κ3) is 3.67. The van der Waals surface area contributed by atoms with Crippen LogP contribution >= 0.6 is 0 Å². The van der Waals surface area contributed by atoms with E-state index in [-0.39, 0.29) is 11.4 Å². The molecule has 0 unspecified atom stereocenters. The summed E-state index contributed by atoms with van der Waals surface area (Å²) < 4.78 is 31.1. The number of nitrogens with zero attached hydrogens (tertiary/aromatic N) is 4. The third-order valence-electron chi connectivity index (χ3n) is 4.04. The van der Waals surface area contributed by atoms with Crippen LogP contribution in [0.5, 0.6) is 0 Å². The van der Waals surface area contributed by atoms with Crippen LogP contribution in [0.15, 0.2) is 61.1 Å². The maximum Gasteiger partial charge on any atom is 0.229 e. The molecule has 7 heteroatoms. The van der Waals surface area contributed by atoms with E-state index in [0.717, 1.165) is 28.8 Å². The first-order valence-corrected chi connectivity index (χ1v) is 8.16. The largest absolute Gasteiger partial charge is 0.334 e. The maximum absolute atomic E-state index is 13.1. The van der Waals surface area contributed by atoms with Crippen LogP contribution in [0.3, 0.4) is 0 Å². The average Bonchev–Trinajstić information content (AvgIpc) is 3.13. The molecule has 27 heavy (non-hydrogen) atoms. The third-order valence-corrected chi connectivity index (χ3v) is 4.04. The van der Waals surface area contributed by atoms with Crippen LogP contribution in [0, 0.1) is 5.82 Å². The molecule has 1 amide bonds. The molecule has 0 aliphatic heterocycles. The molecule has 4 aromatic rings. The summed E-state index contributed by atoms with van der Waals surface area (Å²) in [7, 11) is 1.89. The van der Waals surface area contributed by atoms with Gasteiger partial charge in [0.05, 0.1) is 30.1 Å². The molecular formula is C20H16FN5O. The van der Waals surface area contributed by atoms with Crippen LogP contribution in [0.25, 0.3) is 22.2 Å². The molecule has 0 fully saturated rings. The fraction of sp³-hybridized carbons (Fsp3) is 0.100. The number of aryl methyl sites for hydroxylation is 1. The van der Waals surface area contributed by atoms with E-state index < -0.39 is 18.1 Å². The normalized spacial score (nSPS) is 12.5. The molecule has 0 saturated heterocycles. The molecule has 134 valence electrons. The fourth-order valence-corrected chi connectivity index (χ4v) is 2.71. The second-order valence-corrected chi connectivity index (χ2v) is 5.98. The first-order chi connectivity index (χ1) is 13.8. The fourth-order valence-electron chi connectivity index (χ4n) is 2.71. The zero-order chi connectivity index (χ0) is 20.6. The number of fused-ring (bicyclic) bond motifs is 1. The number of carbonyl (C=O) groups excluding carboxylic acids is 1. The van der Waals surface area contributed by atoms with Crippen molar-refractivity contribution >= 4 is 22.6 Å². The van der Waals surface area contributed by atoms with Crippen molar-refractivity contribution in [2.45, 2.75) is 6.37 Å². The van der Waals surface area contributed by atoms with E-state index in [9.17, 15) is 9.18 Å². The highest BCUT2D eigenvalue weighted by molar-refractivity contribution is 5.93. The molecule has 2 aromatic carbocycles. The van der Waals surface area contributed by atoms with E-state index in [1.165, 1.54) is 12.1 Å². The van der Waals surface area contributed by atoms with E-state index in [2.05, 4.69) is 20.5 Å². The summed E-state index contributed by atoms with van der Waals surface area (Å²) in [6, 6.07) is 11.9. The van der Waals surface area contributed by atoms with E-state index >= 15 is 0 Å². The van der Waals surface area contributed by atoms with Gasteiger partial charge in [-0.15, -0.1) is 10.2 Å². The van der Waals surface area contributed by atoms with Crippen molar-refractivity contribution in [1.29, 1.82) is 0 Å². The molecule has 2 aromatic heterocycles. The van der Waals surface area contributed by atoms with Crippen molar-refractivity contribution in [2.24, 2.45) is 7.05 Å². The molecule has 6 nitrogen and oxygen atoms in total. The predicted octanol–water partition coefficient (Wildman–Crippen LogP) is 3.35. The minimum Gasteiger partial charge on any atom is -0.334 e. The predicted molar refractivity (Wildman–Crippen MR) is 100 cm³/mol. The maximum atomic E-state index is 13.1. The van der Waals surface area contributed by atoms with E-state index in [4.69, 9.17) is 2.74 Å². The minimum atomic E-state index is -2.36. The Kier molecular flexibility index (Phi) is 3.75. The Bertz CT molecular complexity index is 1210. The van der Waals surface area contributed by atoms with Crippen molar-refractivity contribution in [3.63, 3.8) is 0 Å². The van der Waals surface area contributed by atoms with E-state index in [1.807, 2.05) is 29.8 Å². The Labute approximate surface area is 157 Å². The smallest absolute Gasteiger partial charge is 0.229 e. The Balaban J connectivity index is 1.63. The van der Waals surface area contributed by atoms with Gasteiger partial charge in [-0.3, -0.25) is 4.79 Å². The first kappa shape index (κ1) is 14.5. The monoisotopic (exact) mass is 363 g/mol. The van der Waals surface area contributed by atoms with Gasteiger partial charge < -0.3 is 9.88 Å². The summed E-state index contributed by atoms with van der Waals surface area (Å²) in [4.78, 5) is 16.6. The molecule has 0 aliphatic carbocycles. The van der Waals surface area contributed by atoms with Crippen LogP contribution in [-0.4, -0.2) is 25.7 Å². The second kappa shape index (κ2) is 6.95. The van der Waals surface area contributed by atoms with Crippen molar-refractivity contribution < 1.29 is 11.9 Å². The van der Waals surface area contributed by atoms with Gasteiger partial charge in [0.1, 0.15) is 5.82 Å². The van der Waals surface area contributed by atoms with Crippen molar-refractivity contribution in [2.75, 3.05) is 5.32 Å². The van der Waals surface area contributed by atoms with Gasteiger partial charge in [0, 0.05) is 20.7 Å². The molecule has 0 aliphatic rings. The SMILES string of the molecule is [2H]C([2H])(C(=O)Nc1cc2cc(-c3cncn3C)ccc2nn1)c1ccc(F)cc1. The first-order valence-electron chi connectivity index (χ1n) is 9.16. The minimum absolute atomic E-state index is 0.0450. The van der Waals surface area contributed by atoms with E-state index in [1.54, 1.807) is 18.6 Å². The van der Waals surface area contributed by atoms with Crippen LogP contribution < -0.4 is 5.32 Å². The van der Waals surface area contributed by atoms with Gasteiger partial charge >= 0.3 is 0 Å². The lowest BCUT2D eigenvalue weighted by Gasteiger charge is -2.07. The average molecular weight is 363 g/mol. The lowest BCUT2D eigenvalue weighted by Crippen LogP contribution is -2.15. The topological polar surface area (TPSA) is 72.7 Å². The number of nitrogens with one attached hydrogen (secondary N) is 1. The van der Waals surface area contributed by atoms with Crippen LogP contribution in [-0.2, 0) is 18.2 Å².